The number of hydrogen-bond donors (Lipinski definition) is 1. The van der Waals surface area contributed by atoms with E-state index in [0.717, 1.165) is 10.9 Å². The van der Waals surface area contributed by atoms with Crippen LogP contribution in [-0.4, -0.2) is 0 Å². The molecule has 1 heterocycles. The molecule has 0 spiro atoms. The highest BCUT2D eigenvalue weighted by Gasteiger charge is 1.99. The molecule has 0 atom stereocenters. The van der Waals surface area contributed by atoms with Crippen LogP contribution >= 0.6 is 11.8 Å². The minimum Gasteiger partial charge on any atom is -0.450 e. The molecule has 0 aliphatic rings. The van der Waals surface area contributed by atoms with Crippen molar-refractivity contribution < 1.29 is 4.42 Å². The summed E-state index contributed by atoms with van der Waals surface area (Å²) in [6, 6.07) is 3.66. The van der Waals surface area contributed by atoms with Crippen molar-refractivity contribution in [1.82, 2.24) is 0 Å². The van der Waals surface area contributed by atoms with E-state index in [1.54, 1.807) is 6.08 Å². The van der Waals surface area contributed by atoms with Gasteiger partial charge in [-0.2, -0.15) is 0 Å². The van der Waals surface area contributed by atoms with Crippen molar-refractivity contribution in [3.63, 3.8) is 0 Å². The van der Waals surface area contributed by atoms with Crippen LogP contribution < -0.4 is 5.73 Å². The molecule has 0 saturated carbocycles. The van der Waals surface area contributed by atoms with Crippen LogP contribution in [-0.2, 0) is 0 Å². The standard InChI is InChI=1S/C8H9NOS/c1-3-7-4-5-8(10-7)11-6(2)9/h3-5H,1-2,9H2. The van der Waals surface area contributed by atoms with Gasteiger partial charge in [0.05, 0.1) is 5.03 Å². The highest BCUT2D eigenvalue weighted by Crippen LogP contribution is 2.24. The second kappa shape index (κ2) is 3.34. The van der Waals surface area contributed by atoms with Gasteiger partial charge in [0, 0.05) is 0 Å². The highest BCUT2D eigenvalue weighted by molar-refractivity contribution is 8.02. The minimum atomic E-state index is 0.523. The van der Waals surface area contributed by atoms with Crippen LogP contribution in [0.3, 0.4) is 0 Å². The SMILES string of the molecule is C=Cc1ccc(SC(=C)N)o1. The lowest BCUT2D eigenvalue weighted by atomic mass is 10.5. The van der Waals surface area contributed by atoms with Crippen LogP contribution in [0.4, 0.5) is 0 Å². The lowest BCUT2D eigenvalue weighted by Crippen LogP contribution is -1.86. The first-order chi connectivity index (χ1) is 5.22. The van der Waals surface area contributed by atoms with E-state index in [1.165, 1.54) is 11.8 Å². The zero-order valence-corrected chi connectivity index (χ0v) is 6.86. The quantitative estimate of drug-likeness (QED) is 0.703. The molecule has 0 aliphatic heterocycles. The van der Waals surface area contributed by atoms with E-state index >= 15 is 0 Å². The van der Waals surface area contributed by atoms with Crippen molar-refractivity contribution in [3.05, 3.63) is 36.1 Å². The highest BCUT2D eigenvalue weighted by atomic mass is 32.2. The Balaban J connectivity index is 2.72. The topological polar surface area (TPSA) is 39.2 Å². The van der Waals surface area contributed by atoms with Crippen LogP contribution in [0.1, 0.15) is 5.76 Å². The van der Waals surface area contributed by atoms with E-state index in [0.29, 0.717) is 5.03 Å². The second-order valence-electron chi connectivity index (χ2n) is 1.93. The van der Waals surface area contributed by atoms with Gasteiger partial charge in [-0.05, 0) is 30.0 Å². The lowest BCUT2D eigenvalue weighted by molar-refractivity contribution is 0.467. The minimum absolute atomic E-state index is 0.523. The largest absolute Gasteiger partial charge is 0.450 e. The Labute approximate surface area is 69.8 Å². The molecule has 2 N–H and O–H groups in total. The second-order valence-corrected chi connectivity index (χ2v) is 3.06. The van der Waals surface area contributed by atoms with Crippen molar-refractivity contribution in [2.75, 3.05) is 0 Å². The Kier molecular flexibility index (Phi) is 2.44. The van der Waals surface area contributed by atoms with E-state index in [9.17, 15) is 0 Å². The maximum absolute atomic E-state index is 5.36. The Bertz CT molecular complexity index is 277. The van der Waals surface area contributed by atoms with Crippen LogP contribution in [0.25, 0.3) is 6.08 Å². The molecule has 1 aromatic heterocycles. The van der Waals surface area contributed by atoms with Gasteiger partial charge in [-0.15, -0.1) is 0 Å². The molecular weight excluding hydrogens is 158 g/mol. The molecule has 0 amide bonds. The van der Waals surface area contributed by atoms with Crippen LogP contribution in [0.15, 0.2) is 39.8 Å². The molecule has 1 rings (SSSR count). The molecule has 1 aromatic rings. The number of thioether (sulfide) groups is 1. The molecule has 58 valence electrons. The van der Waals surface area contributed by atoms with Crippen molar-refractivity contribution >= 4 is 17.8 Å². The third-order valence-electron chi connectivity index (χ3n) is 1.03. The Hall–Kier alpha value is -1.09. The summed E-state index contributed by atoms with van der Waals surface area (Å²) in [5, 5.41) is 1.27. The van der Waals surface area contributed by atoms with Crippen molar-refractivity contribution in [2.45, 2.75) is 5.09 Å². The molecule has 3 heteroatoms. The average molecular weight is 167 g/mol. The lowest BCUT2D eigenvalue weighted by Gasteiger charge is -1.92. The van der Waals surface area contributed by atoms with Crippen molar-refractivity contribution in [3.8, 4) is 0 Å². The van der Waals surface area contributed by atoms with Crippen LogP contribution in [0.5, 0.6) is 0 Å². The van der Waals surface area contributed by atoms with E-state index in [4.69, 9.17) is 10.2 Å². The maximum Gasteiger partial charge on any atom is 0.167 e. The fourth-order valence-corrected chi connectivity index (χ4v) is 1.16. The number of furan rings is 1. The van der Waals surface area contributed by atoms with Gasteiger partial charge in [0.15, 0.2) is 5.09 Å². The molecule has 0 aromatic carbocycles. The fourth-order valence-electron chi connectivity index (χ4n) is 0.628. The third-order valence-corrected chi connectivity index (χ3v) is 1.72. The molecule has 0 unspecified atom stereocenters. The van der Waals surface area contributed by atoms with Crippen LogP contribution in [0.2, 0.25) is 0 Å². The fraction of sp³-hybridized carbons (Fsp3) is 0. The first-order valence-corrected chi connectivity index (χ1v) is 3.88. The summed E-state index contributed by atoms with van der Waals surface area (Å²) in [6.45, 7) is 7.11. The Morgan fingerprint density at radius 1 is 1.64 bits per heavy atom. The predicted octanol–water partition coefficient (Wildman–Crippen LogP) is 2.44. The Morgan fingerprint density at radius 2 is 2.36 bits per heavy atom. The number of rotatable bonds is 3. The molecular formula is C8H9NOS. The Morgan fingerprint density at radius 3 is 2.82 bits per heavy atom. The summed E-state index contributed by atoms with van der Waals surface area (Å²) in [5.74, 6) is 0.744. The first kappa shape index (κ1) is 8.01. The monoisotopic (exact) mass is 167 g/mol. The summed E-state index contributed by atoms with van der Waals surface area (Å²) >= 11 is 1.30. The molecule has 0 bridgehead atoms. The number of nitrogens with two attached hydrogens (primary N) is 1. The predicted molar refractivity (Wildman–Crippen MR) is 48.0 cm³/mol. The van der Waals surface area contributed by atoms with E-state index in [1.807, 2.05) is 12.1 Å². The molecule has 0 saturated heterocycles. The maximum atomic E-state index is 5.36. The molecule has 2 nitrogen and oxygen atoms in total. The molecule has 11 heavy (non-hydrogen) atoms. The van der Waals surface area contributed by atoms with Gasteiger partial charge in [0.1, 0.15) is 5.76 Å². The van der Waals surface area contributed by atoms with Crippen LogP contribution in [0, 0.1) is 0 Å². The van der Waals surface area contributed by atoms with Gasteiger partial charge in [0.25, 0.3) is 0 Å². The van der Waals surface area contributed by atoms with Gasteiger partial charge in [-0.1, -0.05) is 13.2 Å². The van der Waals surface area contributed by atoms with E-state index < -0.39 is 0 Å². The van der Waals surface area contributed by atoms with Gasteiger partial charge >= 0.3 is 0 Å². The van der Waals surface area contributed by atoms with Crippen molar-refractivity contribution in [1.29, 1.82) is 0 Å². The van der Waals surface area contributed by atoms with E-state index in [-0.39, 0.29) is 0 Å². The zero-order valence-electron chi connectivity index (χ0n) is 6.04. The van der Waals surface area contributed by atoms with Gasteiger partial charge in [0.2, 0.25) is 0 Å². The third kappa shape index (κ3) is 2.20. The summed E-state index contributed by atoms with van der Waals surface area (Å²) in [4.78, 5) is 0. The molecule has 0 fully saturated rings. The first-order valence-electron chi connectivity index (χ1n) is 3.07. The van der Waals surface area contributed by atoms with Gasteiger partial charge in [-0.25, -0.2) is 0 Å². The zero-order chi connectivity index (χ0) is 8.27. The summed E-state index contributed by atoms with van der Waals surface area (Å²) < 4.78 is 5.25. The average Bonchev–Trinajstić information content (AvgIpc) is 2.34. The van der Waals surface area contributed by atoms with Gasteiger partial charge < -0.3 is 10.2 Å². The summed E-state index contributed by atoms with van der Waals surface area (Å²) in [5.41, 5.74) is 5.36. The van der Waals surface area contributed by atoms with Crippen molar-refractivity contribution in [2.24, 2.45) is 5.73 Å². The molecule has 0 radical (unpaired) electrons. The summed E-state index contributed by atoms with van der Waals surface area (Å²) in [6.07, 6.45) is 1.64. The van der Waals surface area contributed by atoms with Gasteiger partial charge in [-0.3, -0.25) is 0 Å². The molecule has 0 aliphatic carbocycles. The normalized spacial score (nSPS) is 9.45. The smallest absolute Gasteiger partial charge is 0.167 e. The number of hydrogen-bond acceptors (Lipinski definition) is 3. The summed E-state index contributed by atoms with van der Waals surface area (Å²) in [7, 11) is 0. The van der Waals surface area contributed by atoms with E-state index in [2.05, 4.69) is 13.2 Å².